The number of ether oxygens (including phenoxy) is 1. The fourth-order valence-corrected chi connectivity index (χ4v) is 3.56. The maximum Gasteiger partial charge on any atom is 0.194 e. The first-order valence-electron chi connectivity index (χ1n) is 9.69. The number of aryl methyl sites for hydroxylation is 1. The molecule has 2 aromatic rings. The van der Waals surface area contributed by atoms with Crippen LogP contribution >= 0.6 is 0 Å². The van der Waals surface area contributed by atoms with Crippen molar-refractivity contribution in [1.29, 1.82) is 0 Å². The summed E-state index contributed by atoms with van der Waals surface area (Å²) in [5.74, 6) is 0.788. The molecule has 0 atom stereocenters. The zero-order valence-electron chi connectivity index (χ0n) is 15.6. The Morgan fingerprint density at radius 1 is 1.16 bits per heavy atom. The molecule has 1 N–H and O–H groups in total. The van der Waals surface area contributed by atoms with Gasteiger partial charge >= 0.3 is 0 Å². The van der Waals surface area contributed by atoms with Gasteiger partial charge in [0, 0.05) is 28.7 Å². The van der Waals surface area contributed by atoms with E-state index in [9.17, 15) is 4.79 Å². The molecule has 0 unspecified atom stereocenters. The molecule has 0 radical (unpaired) electrons. The van der Waals surface area contributed by atoms with Crippen LogP contribution in [0.1, 0.15) is 56.7 Å². The van der Waals surface area contributed by atoms with Crippen molar-refractivity contribution < 1.29 is 4.74 Å². The van der Waals surface area contributed by atoms with Crippen LogP contribution in [0.15, 0.2) is 23.0 Å². The number of pyridine rings is 1. The van der Waals surface area contributed by atoms with E-state index >= 15 is 0 Å². The van der Waals surface area contributed by atoms with E-state index in [-0.39, 0.29) is 5.43 Å². The van der Waals surface area contributed by atoms with E-state index in [1.165, 1.54) is 25.7 Å². The number of hydrogen-bond acceptors (Lipinski definition) is 3. The minimum atomic E-state index is 0.149. The lowest BCUT2D eigenvalue weighted by atomic mass is 10.1. The molecule has 0 aliphatic carbocycles. The minimum absolute atomic E-state index is 0.149. The van der Waals surface area contributed by atoms with Crippen molar-refractivity contribution in [2.75, 3.05) is 19.7 Å². The van der Waals surface area contributed by atoms with Crippen molar-refractivity contribution in [2.45, 2.75) is 58.9 Å². The van der Waals surface area contributed by atoms with Gasteiger partial charge in [0.2, 0.25) is 0 Å². The molecule has 1 aliphatic rings. The van der Waals surface area contributed by atoms with Crippen LogP contribution in [0.4, 0.5) is 0 Å². The standard InChI is InChI=1S/C21H30N2O2/c1-3-4-13-25-17-9-10-20-18(14-17)21(24)19(16(2)22-20)15-23-11-7-5-6-8-12-23/h9-10,14H,3-8,11-13,15H2,1-2H3,(H,22,24). The van der Waals surface area contributed by atoms with Gasteiger partial charge in [-0.15, -0.1) is 0 Å². The summed E-state index contributed by atoms with van der Waals surface area (Å²) in [5, 5.41) is 0.740. The van der Waals surface area contributed by atoms with Gasteiger partial charge in [0.15, 0.2) is 5.43 Å². The fraction of sp³-hybridized carbons (Fsp3) is 0.571. The first kappa shape index (κ1) is 18.0. The van der Waals surface area contributed by atoms with Crippen LogP contribution in [0.3, 0.4) is 0 Å². The van der Waals surface area contributed by atoms with Gasteiger partial charge in [-0.2, -0.15) is 0 Å². The topological polar surface area (TPSA) is 45.3 Å². The normalized spacial score (nSPS) is 16.1. The van der Waals surface area contributed by atoms with E-state index in [2.05, 4.69) is 16.8 Å². The van der Waals surface area contributed by atoms with Crippen molar-refractivity contribution in [2.24, 2.45) is 0 Å². The fourth-order valence-electron chi connectivity index (χ4n) is 3.56. The summed E-state index contributed by atoms with van der Waals surface area (Å²) < 4.78 is 5.78. The highest BCUT2D eigenvalue weighted by atomic mass is 16.5. The minimum Gasteiger partial charge on any atom is -0.494 e. The van der Waals surface area contributed by atoms with Gasteiger partial charge in [-0.1, -0.05) is 26.2 Å². The number of nitrogens with one attached hydrogen (secondary N) is 1. The quantitative estimate of drug-likeness (QED) is 0.792. The van der Waals surface area contributed by atoms with Gasteiger partial charge in [-0.3, -0.25) is 9.69 Å². The highest BCUT2D eigenvalue weighted by molar-refractivity contribution is 5.81. The van der Waals surface area contributed by atoms with E-state index in [0.29, 0.717) is 6.61 Å². The number of unbranched alkanes of at least 4 members (excludes halogenated alkanes) is 1. The predicted octanol–water partition coefficient (Wildman–Crippen LogP) is 4.39. The summed E-state index contributed by atoms with van der Waals surface area (Å²) in [6.07, 6.45) is 7.22. The smallest absolute Gasteiger partial charge is 0.194 e. The van der Waals surface area contributed by atoms with Crippen molar-refractivity contribution in [3.05, 3.63) is 39.7 Å². The third-order valence-corrected chi connectivity index (χ3v) is 5.13. The lowest BCUT2D eigenvalue weighted by molar-refractivity contribution is 0.275. The molecule has 0 amide bonds. The molecule has 1 aromatic heterocycles. The van der Waals surface area contributed by atoms with Crippen molar-refractivity contribution in [3.63, 3.8) is 0 Å². The van der Waals surface area contributed by atoms with Gasteiger partial charge < -0.3 is 9.72 Å². The molecule has 0 saturated carbocycles. The van der Waals surface area contributed by atoms with E-state index in [1.54, 1.807) is 0 Å². The lowest BCUT2D eigenvalue weighted by Gasteiger charge is -2.20. The second kappa shape index (κ2) is 8.52. The molecule has 1 fully saturated rings. The van der Waals surface area contributed by atoms with Crippen molar-refractivity contribution >= 4 is 10.9 Å². The van der Waals surface area contributed by atoms with Gasteiger partial charge in [0.05, 0.1) is 6.61 Å². The Hall–Kier alpha value is -1.81. The van der Waals surface area contributed by atoms with Crippen LogP contribution in [0.25, 0.3) is 10.9 Å². The highest BCUT2D eigenvalue weighted by Gasteiger charge is 2.15. The summed E-state index contributed by atoms with van der Waals surface area (Å²) >= 11 is 0. The van der Waals surface area contributed by atoms with Crippen LogP contribution in [0.2, 0.25) is 0 Å². The molecule has 2 heterocycles. The third-order valence-electron chi connectivity index (χ3n) is 5.13. The Morgan fingerprint density at radius 3 is 2.64 bits per heavy atom. The van der Waals surface area contributed by atoms with E-state index < -0.39 is 0 Å². The van der Waals surface area contributed by atoms with E-state index in [4.69, 9.17) is 4.74 Å². The van der Waals surface area contributed by atoms with Crippen molar-refractivity contribution in [3.8, 4) is 5.75 Å². The second-order valence-electron chi connectivity index (χ2n) is 7.16. The SMILES string of the molecule is CCCCOc1ccc2[nH]c(C)c(CN3CCCCCC3)c(=O)c2c1. The Balaban J connectivity index is 1.88. The molecular weight excluding hydrogens is 312 g/mol. The number of benzene rings is 1. The summed E-state index contributed by atoms with van der Waals surface area (Å²) in [6, 6.07) is 5.80. The second-order valence-corrected chi connectivity index (χ2v) is 7.16. The van der Waals surface area contributed by atoms with Gasteiger partial charge in [0.25, 0.3) is 0 Å². The number of likely N-dealkylation sites (tertiary alicyclic amines) is 1. The first-order chi connectivity index (χ1) is 12.2. The predicted molar refractivity (Wildman–Crippen MR) is 103 cm³/mol. The summed E-state index contributed by atoms with van der Waals surface area (Å²) in [5.41, 5.74) is 2.93. The Morgan fingerprint density at radius 2 is 1.92 bits per heavy atom. The molecule has 1 saturated heterocycles. The number of aromatic amines is 1. The molecular formula is C21H30N2O2. The first-order valence-corrected chi connectivity index (χ1v) is 9.69. The Labute approximate surface area is 150 Å². The number of fused-ring (bicyclic) bond motifs is 1. The molecule has 4 heteroatoms. The number of H-pyrrole nitrogens is 1. The molecule has 0 bridgehead atoms. The largest absolute Gasteiger partial charge is 0.494 e. The summed E-state index contributed by atoms with van der Waals surface area (Å²) in [6.45, 7) is 7.80. The maximum absolute atomic E-state index is 13.1. The molecule has 4 nitrogen and oxygen atoms in total. The molecule has 0 spiro atoms. The molecule has 136 valence electrons. The monoisotopic (exact) mass is 342 g/mol. The van der Waals surface area contributed by atoms with Crippen molar-refractivity contribution in [1.82, 2.24) is 9.88 Å². The molecule has 3 rings (SSSR count). The van der Waals surface area contributed by atoms with Gasteiger partial charge in [-0.05, 0) is 57.5 Å². The Bertz CT molecular complexity index is 758. The maximum atomic E-state index is 13.1. The summed E-state index contributed by atoms with van der Waals surface area (Å²) in [7, 11) is 0. The van der Waals surface area contributed by atoms with Crippen LogP contribution in [-0.2, 0) is 6.54 Å². The zero-order valence-corrected chi connectivity index (χ0v) is 15.6. The average molecular weight is 342 g/mol. The number of nitrogens with zero attached hydrogens (tertiary/aromatic N) is 1. The summed E-state index contributed by atoms with van der Waals surface area (Å²) in [4.78, 5) is 18.9. The lowest BCUT2D eigenvalue weighted by Crippen LogP contribution is -2.28. The van der Waals surface area contributed by atoms with E-state index in [0.717, 1.165) is 60.4 Å². The number of hydrogen-bond donors (Lipinski definition) is 1. The number of rotatable bonds is 6. The molecule has 25 heavy (non-hydrogen) atoms. The van der Waals surface area contributed by atoms with Gasteiger partial charge in [0.1, 0.15) is 5.75 Å². The molecule has 1 aliphatic heterocycles. The molecule has 1 aromatic carbocycles. The zero-order chi connectivity index (χ0) is 17.6. The highest BCUT2D eigenvalue weighted by Crippen LogP contribution is 2.20. The Kier molecular flexibility index (Phi) is 6.14. The van der Waals surface area contributed by atoms with Crippen LogP contribution in [0, 0.1) is 6.92 Å². The van der Waals surface area contributed by atoms with E-state index in [1.807, 2.05) is 25.1 Å². The van der Waals surface area contributed by atoms with Crippen LogP contribution in [0.5, 0.6) is 5.75 Å². The van der Waals surface area contributed by atoms with Crippen LogP contribution in [-0.4, -0.2) is 29.6 Å². The average Bonchev–Trinajstić information content (AvgIpc) is 2.88. The third kappa shape index (κ3) is 4.43. The van der Waals surface area contributed by atoms with Gasteiger partial charge in [-0.25, -0.2) is 0 Å². The van der Waals surface area contributed by atoms with Crippen LogP contribution < -0.4 is 10.2 Å². The number of aromatic nitrogens is 1.